The van der Waals surface area contributed by atoms with Crippen molar-refractivity contribution in [2.45, 2.75) is 26.8 Å². The molecule has 128 valence electrons. The van der Waals surface area contributed by atoms with E-state index in [9.17, 15) is 4.79 Å². The molecule has 5 nitrogen and oxygen atoms in total. The monoisotopic (exact) mass is 335 g/mol. The summed E-state index contributed by atoms with van der Waals surface area (Å²) in [4.78, 5) is 12.6. The predicted molar refractivity (Wildman–Crippen MR) is 98.2 cm³/mol. The lowest BCUT2D eigenvalue weighted by Crippen LogP contribution is -2.44. The summed E-state index contributed by atoms with van der Waals surface area (Å²) in [7, 11) is 0. The smallest absolute Gasteiger partial charge is 0.253 e. The lowest BCUT2D eigenvalue weighted by molar-refractivity contribution is -0.119. The number of nitrogens with zero attached hydrogens (tertiary/aromatic N) is 1. The van der Waals surface area contributed by atoms with E-state index in [2.05, 4.69) is 10.5 Å². The molecule has 5 heteroatoms. The third-order valence-corrected chi connectivity index (χ3v) is 4.60. The molecule has 0 spiro atoms. The van der Waals surface area contributed by atoms with Gasteiger partial charge in [0.25, 0.3) is 5.91 Å². The van der Waals surface area contributed by atoms with Gasteiger partial charge < -0.3 is 15.6 Å². The number of benzene rings is 2. The molecule has 3 aromatic rings. The summed E-state index contributed by atoms with van der Waals surface area (Å²) in [5.74, 6) is 0.520. The summed E-state index contributed by atoms with van der Waals surface area (Å²) >= 11 is 0. The van der Waals surface area contributed by atoms with Crippen LogP contribution >= 0.6 is 0 Å². The van der Waals surface area contributed by atoms with Crippen LogP contribution in [0.4, 0.5) is 5.69 Å². The number of nitrogens with one attached hydrogen (secondary N) is 1. The molecule has 0 fully saturated rings. The zero-order chi connectivity index (χ0) is 16.9. The zero-order valence-corrected chi connectivity index (χ0v) is 13.5. The molecule has 25 heavy (non-hydrogen) atoms. The second kappa shape index (κ2) is 5.86. The molecule has 1 atom stereocenters. The van der Waals surface area contributed by atoms with Crippen molar-refractivity contribution < 1.29 is 9.32 Å². The number of carbonyl (C=O) groups excluding carboxylic acids is 1. The Hall–Kier alpha value is -2.92. The fraction of sp³-hybridized carbons (Fsp3) is 0.200. The molecule has 0 radical (unpaired) electrons. The normalized spacial score (nSPS) is 18.4. The van der Waals surface area contributed by atoms with Crippen molar-refractivity contribution in [1.82, 2.24) is 5.16 Å². The molecule has 1 unspecified atom stereocenters. The first kappa shape index (κ1) is 16.9. The minimum absolute atomic E-state index is 0. The Morgan fingerprint density at radius 3 is 2.48 bits per heavy atom. The van der Waals surface area contributed by atoms with Crippen LogP contribution in [0.15, 0.2) is 53.1 Å². The van der Waals surface area contributed by atoms with Crippen LogP contribution in [0.25, 0.3) is 11.1 Å². The van der Waals surface area contributed by atoms with Crippen molar-refractivity contribution in [1.29, 1.82) is 0 Å². The molecule has 0 aliphatic carbocycles. The van der Waals surface area contributed by atoms with Gasteiger partial charge in [-0.15, -0.1) is 0 Å². The highest BCUT2D eigenvalue weighted by Gasteiger charge is 2.45. The van der Waals surface area contributed by atoms with E-state index in [4.69, 9.17) is 10.3 Å². The van der Waals surface area contributed by atoms with Gasteiger partial charge in [-0.2, -0.15) is 0 Å². The van der Waals surface area contributed by atoms with Crippen molar-refractivity contribution in [3.63, 3.8) is 0 Å². The number of hydrogen-bond donors (Lipinski definition) is 2. The van der Waals surface area contributed by atoms with Crippen LogP contribution in [0.3, 0.4) is 0 Å². The lowest BCUT2D eigenvalue weighted by Gasteiger charge is -2.23. The highest BCUT2D eigenvalue weighted by molar-refractivity contribution is 6.08. The Kier molecular flexibility index (Phi) is 3.97. The van der Waals surface area contributed by atoms with Gasteiger partial charge in [0.1, 0.15) is 11.3 Å². The largest absolute Gasteiger partial charge is 0.361 e. The molecule has 0 saturated heterocycles. The van der Waals surface area contributed by atoms with Crippen LogP contribution in [0.5, 0.6) is 0 Å². The molecule has 3 N–H and O–H groups in total. The first-order valence-corrected chi connectivity index (χ1v) is 7.75. The van der Waals surface area contributed by atoms with Crippen molar-refractivity contribution in [2.24, 2.45) is 5.73 Å². The first-order valence-electron chi connectivity index (χ1n) is 7.75. The van der Waals surface area contributed by atoms with Crippen LogP contribution in [-0.4, -0.2) is 11.1 Å². The second-order valence-electron chi connectivity index (χ2n) is 6.09. The predicted octanol–water partition coefficient (Wildman–Crippen LogP) is 3.75. The van der Waals surface area contributed by atoms with E-state index in [1.807, 2.05) is 62.4 Å². The number of rotatable bonds is 2. The molecular weight excluding hydrogens is 314 g/mol. The average Bonchev–Trinajstić information content (AvgIpc) is 3.06. The molecule has 1 aromatic heterocycles. The van der Waals surface area contributed by atoms with E-state index in [1.54, 1.807) is 0 Å². The molecular formula is C20H21N3O2. The fourth-order valence-corrected chi connectivity index (χ4v) is 3.36. The van der Waals surface area contributed by atoms with Gasteiger partial charge >= 0.3 is 0 Å². The highest BCUT2D eigenvalue weighted by Crippen LogP contribution is 2.41. The standard InChI is InChI=1S/C19H17N3O2.CH4/c1-11-17(12(2)24-22-11)13-8-9-16-15(10-13)19(20,18(23)21-16)14-6-4-3-5-7-14;/h3-10H,20H2,1-2H3,(H,21,23);1H4. The maximum atomic E-state index is 12.6. The third-order valence-electron chi connectivity index (χ3n) is 4.60. The number of fused-ring (bicyclic) bond motifs is 1. The summed E-state index contributed by atoms with van der Waals surface area (Å²) in [5.41, 5.74) is 10.3. The summed E-state index contributed by atoms with van der Waals surface area (Å²) in [6, 6.07) is 15.2. The van der Waals surface area contributed by atoms with E-state index in [0.29, 0.717) is 0 Å². The number of hydrogen-bond acceptors (Lipinski definition) is 4. The molecule has 1 aliphatic heterocycles. The van der Waals surface area contributed by atoms with Crippen molar-refractivity contribution >= 4 is 11.6 Å². The van der Waals surface area contributed by atoms with E-state index < -0.39 is 5.54 Å². The Bertz CT molecular complexity index is 927. The van der Waals surface area contributed by atoms with E-state index >= 15 is 0 Å². The van der Waals surface area contributed by atoms with Gasteiger partial charge in [-0.1, -0.05) is 49.0 Å². The number of aromatic nitrogens is 1. The van der Waals surface area contributed by atoms with Gasteiger partial charge in [-0.25, -0.2) is 0 Å². The number of amides is 1. The third kappa shape index (κ3) is 2.36. The number of carbonyl (C=O) groups is 1. The van der Waals surface area contributed by atoms with Crippen LogP contribution in [0, 0.1) is 13.8 Å². The Balaban J connectivity index is 0.00000182. The molecule has 4 rings (SSSR count). The molecule has 1 amide bonds. The van der Waals surface area contributed by atoms with Gasteiger partial charge in [0.05, 0.1) is 5.69 Å². The highest BCUT2D eigenvalue weighted by atomic mass is 16.5. The molecule has 2 heterocycles. The zero-order valence-electron chi connectivity index (χ0n) is 13.5. The number of anilines is 1. The molecule has 1 aliphatic rings. The number of nitrogens with two attached hydrogens (primary N) is 1. The first-order chi connectivity index (χ1) is 11.5. The van der Waals surface area contributed by atoms with E-state index in [0.717, 1.165) is 39.4 Å². The topological polar surface area (TPSA) is 81.2 Å². The minimum Gasteiger partial charge on any atom is -0.361 e. The van der Waals surface area contributed by atoms with Crippen molar-refractivity contribution in [3.8, 4) is 11.1 Å². The average molecular weight is 335 g/mol. The van der Waals surface area contributed by atoms with Crippen molar-refractivity contribution in [3.05, 3.63) is 71.1 Å². The van der Waals surface area contributed by atoms with Crippen LogP contribution in [0.2, 0.25) is 0 Å². The van der Waals surface area contributed by atoms with Gasteiger partial charge in [0.2, 0.25) is 0 Å². The van der Waals surface area contributed by atoms with Gasteiger partial charge in [0.15, 0.2) is 0 Å². The van der Waals surface area contributed by atoms with Gasteiger partial charge in [-0.05, 0) is 37.1 Å². The second-order valence-corrected chi connectivity index (χ2v) is 6.09. The quantitative estimate of drug-likeness (QED) is 0.747. The SMILES string of the molecule is C.Cc1noc(C)c1-c1ccc2c(c1)C(N)(c1ccccc1)C(=O)N2. The van der Waals surface area contributed by atoms with Gasteiger partial charge in [0, 0.05) is 16.8 Å². The number of aryl methyl sites for hydroxylation is 2. The summed E-state index contributed by atoms with van der Waals surface area (Å²) in [6.45, 7) is 3.77. The molecule has 0 saturated carbocycles. The minimum atomic E-state index is -1.20. The Morgan fingerprint density at radius 2 is 1.84 bits per heavy atom. The lowest BCUT2D eigenvalue weighted by atomic mass is 9.83. The summed E-state index contributed by atoms with van der Waals surface area (Å²) in [5, 5.41) is 6.89. The maximum Gasteiger partial charge on any atom is 0.253 e. The summed E-state index contributed by atoms with van der Waals surface area (Å²) < 4.78 is 5.26. The van der Waals surface area contributed by atoms with Crippen LogP contribution in [-0.2, 0) is 10.3 Å². The van der Waals surface area contributed by atoms with Gasteiger partial charge in [-0.3, -0.25) is 4.79 Å². The molecule has 0 bridgehead atoms. The maximum absolute atomic E-state index is 12.6. The fourth-order valence-electron chi connectivity index (χ4n) is 3.36. The van der Waals surface area contributed by atoms with Crippen LogP contribution in [0.1, 0.15) is 30.0 Å². The Morgan fingerprint density at radius 1 is 1.12 bits per heavy atom. The molecule has 2 aromatic carbocycles. The Labute approximate surface area is 146 Å². The summed E-state index contributed by atoms with van der Waals surface area (Å²) in [6.07, 6.45) is 0. The van der Waals surface area contributed by atoms with E-state index in [-0.39, 0.29) is 13.3 Å². The van der Waals surface area contributed by atoms with Crippen molar-refractivity contribution in [2.75, 3.05) is 5.32 Å². The van der Waals surface area contributed by atoms with Crippen LogP contribution < -0.4 is 11.1 Å². The van der Waals surface area contributed by atoms with E-state index in [1.165, 1.54) is 0 Å².